The van der Waals surface area contributed by atoms with Gasteiger partial charge in [-0.3, -0.25) is 14.1 Å². The van der Waals surface area contributed by atoms with Crippen molar-refractivity contribution in [1.82, 2.24) is 0 Å². The molecule has 2 N–H and O–H groups in total. The standard InChI is InChI=1S/C27H53O8P/c1-3-5-7-9-11-12-13-14-16-18-20-22-27(29)35-25(24-34-36(30,31)32)23-33-26(28)21-19-17-15-10-8-6-4-2/h25H,3-24H2,1-2H3,(H2,30,31,32)/t25-/m1/s1. The molecule has 0 fully saturated rings. The van der Waals surface area contributed by atoms with Gasteiger partial charge in [0.2, 0.25) is 0 Å². The minimum absolute atomic E-state index is 0.218. The average molecular weight is 537 g/mol. The van der Waals surface area contributed by atoms with Gasteiger partial charge in [-0.05, 0) is 12.8 Å². The van der Waals surface area contributed by atoms with Crippen LogP contribution in [-0.2, 0) is 28.2 Å². The van der Waals surface area contributed by atoms with Crippen LogP contribution in [0.5, 0.6) is 0 Å². The van der Waals surface area contributed by atoms with E-state index in [0.717, 1.165) is 38.5 Å². The lowest BCUT2D eigenvalue weighted by atomic mass is 10.1. The fourth-order valence-corrected chi connectivity index (χ4v) is 4.32. The number of hydrogen-bond acceptors (Lipinski definition) is 6. The van der Waals surface area contributed by atoms with E-state index in [9.17, 15) is 14.2 Å². The van der Waals surface area contributed by atoms with E-state index in [1.807, 2.05) is 0 Å². The molecule has 0 bridgehead atoms. The first kappa shape index (κ1) is 35.0. The number of rotatable bonds is 26. The summed E-state index contributed by atoms with van der Waals surface area (Å²) >= 11 is 0. The maximum atomic E-state index is 12.2. The highest BCUT2D eigenvalue weighted by atomic mass is 31.2. The van der Waals surface area contributed by atoms with Gasteiger partial charge in [0, 0.05) is 12.8 Å². The third-order valence-electron chi connectivity index (χ3n) is 6.13. The smallest absolute Gasteiger partial charge is 0.462 e. The van der Waals surface area contributed by atoms with Crippen LogP contribution in [0.2, 0.25) is 0 Å². The molecular formula is C27H53O8P. The molecular weight excluding hydrogens is 483 g/mol. The molecule has 0 rings (SSSR count). The van der Waals surface area contributed by atoms with Gasteiger partial charge >= 0.3 is 19.8 Å². The number of hydrogen-bond donors (Lipinski definition) is 2. The third kappa shape index (κ3) is 26.1. The molecule has 0 spiro atoms. The molecule has 214 valence electrons. The zero-order valence-electron chi connectivity index (χ0n) is 22.9. The predicted octanol–water partition coefficient (Wildman–Crippen LogP) is 7.39. The SMILES string of the molecule is CCCCCCCCCCCCCC(=O)O[C@H](COC(=O)CCCCCCCCC)COP(=O)(O)O. The average Bonchev–Trinajstić information content (AvgIpc) is 2.83. The Morgan fingerprint density at radius 1 is 0.611 bits per heavy atom. The molecule has 0 aromatic rings. The van der Waals surface area contributed by atoms with Gasteiger partial charge in [0.25, 0.3) is 0 Å². The fourth-order valence-electron chi connectivity index (χ4n) is 3.96. The second kappa shape index (κ2) is 24.4. The number of carbonyl (C=O) groups is 2. The monoisotopic (exact) mass is 536 g/mol. The Kier molecular flexibility index (Phi) is 23.7. The summed E-state index contributed by atoms with van der Waals surface area (Å²) < 4.78 is 26.0. The number of esters is 2. The summed E-state index contributed by atoms with van der Waals surface area (Å²) in [6.45, 7) is 3.59. The molecule has 0 aliphatic carbocycles. The topological polar surface area (TPSA) is 119 Å². The molecule has 36 heavy (non-hydrogen) atoms. The Labute approximate surface area is 219 Å². The second-order valence-electron chi connectivity index (χ2n) is 9.74. The van der Waals surface area contributed by atoms with Gasteiger partial charge in [-0.2, -0.15) is 0 Å². The second-order valence-corrected chi connectivity index (χ2v) is 11.0. The summed E-state index contributed by atoms with van der Waals surface area (Å²) in [6.07, 6.45) is 19.9. The number of unbranched alkanes of at least 4 members (excludes halogenated alkanes) is 16. The van der Waals surface area contributed by atoms with E-state index in [1.165, 1.54) is 70.6 Å². The van der Waals surface area contributed by atoms with Crippen molar-refractivity contribution in [1.29, 1.82) is 0 Å². The minimum atomic E-state index is -4.72. The van der Waals surface area contributed by atoms with Crippen molar-refractivity contribution in [2.75, 3.05) is 13.2 Å². The highest BCUT2D eigenvalue weighted by Crippen LogP contribution is 2.35. The van der Waals surface area contributed by atoms with Gasteiger partial charge < -0.3 is 19.3 Å². The molecule has 0 heterocycles. The number of phosphoric acid groups is 1. The van der Waals surface area contributed by atoms with Crippen molar-refractivity contribution in [3.05, 3.63) is 0 Å². The van der Waals surface area contributed by atoms with Crippen molar-refractivity contribution >= 4 is 19.8 Å². The molecule has 0 aliphatic rings. The van der Waals surface area contributed by atoms with Gasteiger partial charge in [-0.15, -0.1) is 0 Å². The van der Waals surface area contributed by atoms with E-state index in [1.54, 1.807) is 0 Å². The van der Waals surface area contributed by atoms with Crippen LogP contribution >= 0.6 is 7.82 Å². The molecule has 0 saturated carbocycles. The molecule has 0 radical (unpaired) electrons. The van der Waals surface area contributed by atoms with Gasteiger partial charge in [0.15, 0.2) is 6.10 Å². The molecule has 0 amide bonds. The van der Waals surface area contributed by atoms with E-state index >= 15 is 0 Å². The number of ether oxygens (including phenoxy) is 2. The molecule has 8 nitrogen and oxygen atoms in total. The zero-order chi connectivity index (χ0) is 26.9. The van der Waals surface area contributed by atoms with Crippen LogP contribution in [0.4, 0.5) is 0 Å². The normalized spacial score (nSPS) is 12.4. The minimum Gasteiger partial charge on any atom is -0.462 e. The lowest BCUT2D eigenvalue weighted by molar-refractivity contribution is -0.161. The maximum Gasteiger partial charge on any atom is 0.469 e. The van der Waals surface area contributed by atoms with Crippen LogP contribution in [0, 0.1) is 0 Å². The van der Waals surface area contributed by atoms with Crippen molar-refractivity contribution < 1.29 is 37.9 Å². The molecule has 9 heteroatoms. The van der Waals surface area contributed by atoms with Crippen LogP contribution in [0.3, 0.4) is 0 Å². The summed E-state index contributed by atoms with van der Waals surface area (Å²) in [6, 6.07) is 0. The van der Waals surface area contributed by atoms with Crippen molar-refractivity contribution in [2.24, 2.45) is 0 Å². The Morgan fingerprint density at radius 3 is 1.42 bits per heavy atom. The van der Waals surface area contributed by atoms with Crippen LogP contribution in [0.1, 0.15) is 142 Å². The van der Waals surface area contributed by atoms with Crippen molar-refractivity contribution in [3.63, 3.8) is 0 Å². The Bertz CT molecular complexity index is 578. The van der Waals surface area contributed by atoms with Crippen LogP contribution in [0.25, 0.3) is 0 Å². The lowest BCUT2D eigenvalue weighted by Gasteiger charge is -2.18. The van der Waals surface area contributed by atoms with Crippen molar-refractivity contribution in [3.8, 4) is 0 Å². The quantitative estimate of drug-likeness (QED) is 0.0667. The largest absolute Gasteiger partial charge is 0.469 e. The zero-order valence-corrected chi connectivity index (χ0v) is 23.8. The van der Waals surface area contributed by atoms with Crippen LogP contribution in [-0.4, -0.2) is 41.0 Å². The molecule has 0 unspecified atom stereocenters. The maximum absolute atomic E-state index is 12.2. The lowest BCUT2D eigenvalue weighted by Crippen LogP contribution is -2.29. The summed E-state index contributed by atoms with van der Waals surface area (Å²) in [5.41, 5.74) is 0. The Morgan fingerprint density at radius 2 is 1.00 bits per heavy atom. The summed E-state index contributed by atoms with van der Waals surface area (Å²) in [4.78, 5) is 42.1. The first-order valence-corrected chi connectivity index (χ1v) is 15.9. The summed E-state index contributed by atoms with van der Waals surface area (Å²) in [7, 11) is -4.72. The summed E-state index contributed by atoms with van der Waals surface area (Å²) in [5, 5.41) is 0. The van der Waals surface area contributed by atoms with E-state index in [4.69, 9.17) is 19.3 Å². The first-order valence-electron chi connectivity index (χ1n) is 14.3. The van der Waals surface area contributed by atoms with E-state index in [-0.39, 0.29) is 19.4 Å². The molecule has 0 aromatic carbocycles. The highest BCUT2D eigenvalue weighted by Gasteiger charge is 2.22. The van der Waals surface area contributed by atoms with Crippen molar-refractivity contribution in [2.45, 2.75) is 148 Å². The molecule has 1 atom stereocenters. The van der Waals surface area contributed by atoms with Gasteiger partial charge in [0.1, 0.15) is 6.61 Å². The number of carbonyl (C=O) groups excluding carboxylic acids is 2. The van der Waals surface area contributed by atoms with Crippen LogP contribution < -0.4 is 0 Å². The summed E-state index contributed by atoms with van der Waals surface area (Å²) in [5.74, 6) is -0.889. The Balaban J connectivity index is 4.07. The molecule has 0 aromatic heterocycles. The van der Waals surface area contributed by atoms with E-state index in [2.05, 4.69) is 18.4 Å². The third-order valence-corrected chi connectivity index (χ3v) is 6.61. The highest BCUT2D eigenvalue weighted by molar-refractivity contribution is 7.46. The fraction of sp³-hybridized carbons (Fsp3) is 0.926. The van der Waals surface area contributed by atoms with E-state index in [0.29, 0.717) is 6.42 Å². The predicted molar refractivity (Wildman–Crippen MR) is 143 cm³/mol. The Hall–Kier alpha value is -0.950. The van der Waals surface area contributed by atoms with Gasteiger partial charge in [-0.1, -0.05) is 117 Å². The number of phosphoric ester groups is 1. The van der Waals surface area contributed by atoms with Gasteiger partial charge in [0.05, 0.1) is 6.61 Å². The molecule has 0 saturated heterocycles. The van der Waals surface area contributed by atoms with Gasteiger partial charge in [-0.25, -0.2) is 4.57 Å². The van der Waals surface area contributed by atoms with E-state index < -0.39 is 32.5 Å². The van der Waals surface area contributed by atoms with Crippen LogP contribution in [0.15, 0.2) is 0 Å². The molecule has 0 aliphatic heterocycles. The first-order chi connectivity index (χ1) is 17.3.